The Hall–Kier alpha value is -0.600. The smallest absolute Gasteiger partial charge is 0.0651 e. The predicted octanol–water partition coefficient (Wildman–Crippen LogP) is 2.52. The summed E-state index contributed by atoms with van der Waals surface area (Å²) in [6, 6.07) is 0.365. The van der Waals surface area contributed by atoms with Crippen LogP contribution in [-0.2, 0) is 6.54 Å². The van der Waals surface area contributed by atoms with Gasteiger partial charge in [-0.15, -0.1) is 0 Å². The number of rotatable bonds is 0. The highest BCUT2D eigenvalue weighted by atomic mass is 35.5. The molecule has 70 valence electrons. The lowest BCUT2D eigenvalue weighted by Gasteiger charge is -2.09. The molecule has 0 spiro atoms. The zero-order chi connectivity index (χ0) is 9.59. The highest BCUT2D eigenvalue weighted by Gasteiger charge is 2.23. The number of hydrogen-bond donors (Lipinski definition) is 1. The van der Waals surface area contributed by atoms with Crippen LogP contribution in [0.15, 0.2) is 0 Å². The standard InChI is InChI=1S/C10H13ClN2/c1-5-8-4-12-7(3)10(8)13-6(2)9(5)11/h7,12H,4H2,1-3H3. The molecule has 1 aromatic rings. The third kappa shape index (κ3) is 1.25. The van der Waals surface area contributed by atoms with Gasteiger partial charge < -0.3 is 5.32 Å². The van der Waals surface area contributed by atoms with Crippen molar-refractivity contribution in [2.75, 3.05) is 0 Å². The summed E-state index contributed by atoms with van der Waals surface area (Å²) in [5, 5.41) is 4.17. The van der Waals surface area contributed by atoms with Crippen molar-refractivity contribution in [3.05, 3.63) is 27.5 Å². The first-order valence-corrected chi connectivity index (χ1v) is 4.88. The Bertz CT molecular complexity index is 360. The van der Waals surface area contributed by atoms with Gasteiger partial charge in [0.1, 0.15) is 0 Å². The summed E-state index contributed by atoms with van der Waals surface area (Å²) in [6.45, 7) is 7.05. The van der Waals surface area contributed by atoms with E-state index in [1.807, 2.05) is 6.92 Å². The second-order valence-corrected chi connectivity index (χ2v) is 3.98. The monoisotopic (exact) mass is 196 g/mol. The average Bonchev–Trinajstić information content (AvgIpc) is 2.45. The Balaban J connectivity index is 2.67. The van der Waals surface area contributed by atoms with E-state index in [-0.39, 0.29) is 0 Å². The lowest BCUT2D eigenvalue weighted by atomic mass is 10.1. The Morgan fingerprint density at radius 3 is 2.85 bits per heavy atom. The first-order chi connectivity index (χ1) is 6.11. The van der Waals surface area contributed by atoms with Gasteiger partial charge >= 0.3 is 0 Å². The molecule has 1 atom stereocenters. The number of halogens is 1. The van der Waals surface area contributed by atoms with Crippen LogP contribution in [0, 0.1) is 13.8 Å². The molecule has 0 aromatic carbocycles. The molecule has 0 radical (unpaired) electrons. The summed E-state index contributed by atoms with van der Waals surface area (Å²) in [5.41, 5.74) is 4.57. The summed E-state index contributed by atoms with van der Waals surface area (Å²) in [4.78, 5) is 4.50. The van der Waals surface area contributed by atoms with Crippen LogP contribution >= 0.6 is 11.6 Å². The zero-order valence-electron chi connectivity index (χ0n) is 8.11. The van der Waals surface area contributed by atoms with Crippen molar-refractivity contribution in [2.45, 2.75) is 33.4 Å². The maximum atomic E-state index is 6.12. The number of hydrogen-bond acceptors (Lipinski definition) is 2. The second-order valence-electron chi connectivity index (χ2n) is 3.60. The minimum Gasteiger partial charge on any atom is -0.305 e. The first kappa shape index (κ1) is 8.97. The summed E-state index contributed by atoms with van der Waals surface area (Å²) in [6.07, 6.45) is 0. The molecule has 1 unspecified atom stereocenters. The van der Waals surface area contributed by atoms with Crippen molar-refractivity contribution >= 4 is 11.6 Å². The van der Waals surface area contributed by atoms with Crippen LogP contribution in [0.4, 0.5) is 0 Å². The Labute approximate surface area is 83.3 Å². The van der Waals surface area contributed by atoms with Gasteiger partial charge in [0.25, 0.3) is 0 Å². The minimum absolute atomic E-state index is 0.365. The fourth-order valence-corrected chi connectivity index (χ4v) is 1.98. The Morgan fingerprint density at radius 1 is 1.46 bits per heavy atom. The molecule has 2 heterocycles. The molecule has 0 bridgehead atoms. The van der Waals surface area contributed by atoms with E-state index < -0.39 is 0 Å². The fraction of sp³-hybridized carbons (Fsp3) is 0.500. The third-order valence-electron chi connectivity index (χ3n) is 2.69. The van der Waals surface area contributed by atoms with Crippen molar-refractivity contribution in [3.8, 4) is 0 Å². The highest BCUT2D eigenvalue weighted by Crippen LogP contribution is 2.31. The molecule has 0 saturated heterocycles. The van der Waals surface area contributed by atoms with Gasteiger partial charge in [-0.2, -0.15) is 0 Å². The SMILES string of the molecule is Cc1nc2c(c(C)c1Cl)CNC2C. The lowest BCUT2D eigenvalue weighted by Crippen LogP contribution is -2.07. The molecular formula is C10H13ClN2. The average molecular weight is 197 g/mol. The Kier molecular flexibility index (Phi) is 2.05. The molecule has 1 aromatic heterocycles. The van der Waals surface area contributed by atoms with Gasteiger partial charge in [-0.05, 0) is 31.9 Å². The number of fused-ring (bicyclic) bond motifs is 1. The maximum absolute atomic E-state index is 6.12. The topological polar surface area (TPSA) is 24.9 Å². The molecule has 2 nitrogen and oxygen atoms in total. The van der Waals surface area contributed by atoms with Crippen molar-refractivity contribution in [2.24, 2.45) is 0 Å². The van der Waals surface area contributed by atoms with Crippen LogP contribution < -0.4 is 5.32 Å². The van der Waals surface area contributed by atoms with E-state index in [9.17, 15) is 0 Å². The van der Waals surface area contributed by atoms with Crippen LogP contribution in [0.3, 0.4) is 0 Å². The van der Waals surface area contributed by atoms with E-state index in [2.05, 4.69) is 24.1 Å². The molecule has 1 N–H and O–H groups in total. The number of pyridine rings is 1. The number of aromatic nitrogens is 1. The lowest BCUT2D eigenvalue weighted by molar-refractivity contribution is 0.622. The summed E-state index contributed by atoms with van der Waals surface area (Å²) in [5.74, 6) is 0. The van der Waals surface area contributed by atoms with Gasteiger partial charge in [-0.3, -0.25) is 4.98 Å². The van der Waals surface area contributed by atoms with Gasteiger partial charge in [0.05, 0.1) is 16.4 Å². The molecule has 13 heavy (non-hydrogen) atoms. The minimum atomic E-state index is 0.365. The molecule has 0 aliphatic carbocycles. The van der Waals surface area contributed by atoms with Crippen LogP contribution in [0.1, 0.15) is 35.5 Å². The highest BCUT2D eigenvalue weighted by molar-refractivity contribution is 6.32. The molecule has 0 amide bonds. The zero-order valence-corrected chi connectivity index (χ0v) is 8.87. The molecule has 1 aliphatic heterocycles. The van der Waals surface area contributed by atoms with Crippen LogP contribution in [0.25, 0.3) is 0 Å². The van der Waals surface area contributed by atoms with Crippen LogP contribution in [0.5, 0.6) is 0 Å². The van der Waals surface area contributed by atoms with Crippen LogP contribution in [-0.4, -0.2) is 4.98 Å². The second kappa shape index (κ2) is 2.96. The van der Waals surface area contributed by atoms with Crippen molar-refractivity contribution < 1.29 is 0 Å². The molecule has 2 rings (SSSR count). The molecule has 0 saturated carbocycles. The van der Waals surface area contributed by atoms with E-state index in [1.54, 1.807) is 0 Å². The van der Waals surface area contributed by atoms with Gasteiger partial charge in [-0.1, -0.05) is 11.6 Å². The fourth-order valence-electron chi connectivity index (χ4n) is 1.83. The van der Waals surface area contributed by atoms with Crippen molar-refractivity contribution in [1.82, 2.24) is 10.3 Å². The van der Waals surface area contributed by atoms with Gasteiger partial charge in [0.2, 0.25) is 0 Å². The van der Waals surface area contributed by atoms with Gasteiger partial charge in [0.15, 0.2) is 0 Å². The number of nitrogens with one attached hydrogen (secondary N) is 1. The summed E-state index contributed by atoms with van der Waals surface area (Å²) < 4.78 is 0. The van der Waals surface area contributed by atoms with Crippen molar-refractivity contribution in [3.63, 3.8) is 0 Å². The maximum Gasteiger partial charge on any atom is 0.0651 e. The molecular weight excluding hydrogens is 184 g/mol. The summed E-state index contributed by atoms with van der Waals surface area (Å²) in [7, 11) is 0. The van der Waals surface area contributed by atoms with E-state index in [1.165, 1.54) is 16.8 Å². The van der Waals surface area contributed by atoms with Crippen molar-refractivity contribution in [1.29, 1.82) is 0 Å². The Morgan fingerprint density at radius 2 is 2.15 bits per heavy atom. The molecule has 0 fully saturated rings. The third-order valence-corrected chi connectivity index (χ3v) is 3.25. The van der Waals surface area contributed by atoms with Crippen LogP contribution in [0.2, 0.25) is 5.02 Å². The van der Waals surface area contributed by atoms with E-state index >= 15 is 0 Å². The quantitative estimate of drug-likeness (QED) is 0.690. The van der Waals surface area contributed by atoms with Gasteiger partial charge in [0, 0.05) is 12.6 Å². The van der Waals surface area contributed by atoms with E-state index in [4.69, 9.17) is 11.6 Å². The predicted molar refractivity (Wildman–Crippen MR) is 54.0 cm³/mol. The number of aryl methyl sites for hydroxylation is 1. The number of nitrogens with zero attached hydrogens (tertiary/aromatic N) is 1. The normalized spacial score (nSPS) is 20.5. The molecule has 1 aliphatic rings. The molecule has 3 heteroatoms. The summed E-state index contributed by atoms with van der Waals surface area (Å²) >= 11 is 6.12. The van der Waals surface area contributed by atoms with Gasteiger partial charge in [-0.25, -0.2) is 0 Å². The van der Waals surface area contributed by atoms with E-state index in [0.717, 1.165) is 17.3 Å². The first-order valence-electron chi connectivity index (χ1n) is 4.50. The largest absolute Gasteiger partial charge is 0.305 e. The van der Waals surface area contributed by atoms with E-state index in [0.29, 0.717) is 6.04 Å².